The zero-order chi connectivity index (χ0) is 14.1. The summed E-state index contributed by atoms with van der Waals surface area (Å²) in [6.07, 6.45) is 0. The van der Waals surface area contributed by atoms with Gasteiger partial charge in [-0.2, -0.15) is 4.98 Å². The van der Waals surface area contributed by atoms with Gasteiger partial charge in [0.15, 0.2) is 0 Å². The van der Waals surface area contributed by atoms with E-state index in [-0.39, 0.29) is 0 Å². The number of anilines is 3. The molecule has 6 heteroatoms. The van der Waals surface area contributed by atoms with E-state index in [1.807, 2.05) is 24.3 Å². The Bertz CT molecular complexity index is 769. The number of aromatic nitrogens is 2. The van der Waals surface area contributed by atoms with E-state index in [4.69, 9.17) is 28.9 Å². The van der Waals surface area contributed by atoms with Gasteiger partial charge in [-0.25, -0.2) is 4.98 Å². The van der Waals surface area contributed by atoms with Crippen molar-refractivity contribution < 1.29 is 0 Å². The number of nitrogen functional groups attached to an aromatic ring is 1. The van der Waals surface area contributed by atoms with Crippen LogP contribution >= 0.6 is 23.2 Å². The Kier molecular flexibility index (Phi) is 3.34. The third kappa shape index (κ3) is 2.61. The van der Waals surface area contributed by atoms with Gasteiger partial charge in [0, 0.05) is 21.1 Å². The molecule has 3 rings (SSSR count). The van der Waals surface area contributed by atoms with Gasteiger partial charge in [0.05, 0.1) is 5.52 Å². The lowest BCUT2D eigenvalue weighted by atomic mass is 10.2. The molecule has 20 heavy (non-hydrogen) atoms. The fraction of sp³-hybridized carbons (Fsp3) is 0. The molecule has 0 radical (unpaired) electrons. The number of fused-ring (bicyclic) bond motifs is 1. The van der Waals surface area contributed by atoms with E-state index in [1.165, 1.54) is 0 Å². The number of rotatable bonds is 2. The summed E-state index contributed by atoms with van der Waals surface area (Å²) in [6.45, 7) is 0. The highest BCUT2D eigenvalue weighted by molar-refractivity contribution is 6.35. The van der Waals surface area contributed by atoms with Crippen molar-refractivity contribution >= 4 is 51.6 Å². The summed E-state index contributed by atoms with van der Waals surface area (Å²) in [4.78, 5) is 8.63. The molecule has 3 N–H and O–H groups in total. The lowest BCUT2D eigenvalue weighted by molar-refractivity contribution is 1.22. The van der Waals surface area contributed by atoms with Crippen LogP contribution in [0, 0.1) is 0 Å². The number of para-hydroxylation sites is 1. The van der Waals surface area contributed by atoms with Crippen molar-refractivity contribution in [3.8, 4) is 0 Å². The van der Waals surface area contributed by atoms with E-state index in [2.05, 4.69) is 15.3 Å². The maximum absolute atomic E-state index is 5.95. The summed E-state index contributed by atoms with van der Waals surface area (Å²) in [7, 11) is 0. The molecule has 0 atom stereocenters. The summed E-state index contributed by atoms with van der Waals surface area (Å²) >= 11 is 11.9. The van der Waals surface area contributed by atoms with E-state index in [0.717, 1.165) is 10.9 Å². The number of nitrogens with zero attached hydrogens (tertiary/aromatic N) is 2. The normalized spacial score (nSPS) is 10.7. The van der Waals surface area contributed by atoms with Gasteiger partial charge in [0.1, 0.15) is 5.82 Å². The first kappa shape index (κ1) is 13.0. The molecule has 0 aliphatic carbocycles. The van der Waals surface area contributed by atoms with Crippen LogP contribution < -0.4 is 11.1 Å². The fourth-order valence-corrected chi connectivity index (χ4v) is 2.44. The molecule has 0 aliphatic rings. The molecule has 100 valence electrons. The van der Waals surface area contributed by atoms with Gasteiger partial charge in [-0.3, -0.25) is 0 Å². The molecule has 0 amide bonds. The van der Waals surface area contributed by atoms with Gasteiger partial charge in [0.2, 0.25) is 5.95 Å². The molecule has 0 spiro atoms. The molecule has 1 heterocycles. The van der Waals surface area contributed by atoms with Crippen molar-refractivity contribution in [2.24, 2.45) is 0 Å². The molecule has 0 bridgehead atoms. The van der Waals surface area contributed by atoms with Crippen LogP contribution in [0.5, 0.6) is 0 Å². The first-order chi connectivity index (χ1) is 9.61. The molecular formula is C14H10Cl2N4. The maximum atomic E-state index is 5.95. The zero-order valence-electron chi connectivity index (χ0n) is 10.3. The average molecular weight is 305 g/mol. The Balaban J connectivity index is 2.02. The summed E-state index contributed by atoms with van der Waals surface area (Å²) in [5.41, 5.74) is 7.41. The number of nitrogens with two attached hydrogens (primary N) is 1. The highest BCUT2D eigenvalue weighted by Crippen LogP contribution is 2.25. The first-order valence-electron chi connectivity index (χ1n) is 5.87. The van der Waals surface area contributed by atoms with E-state index < -0.39 is 0 Å². The predicted octanol–water partition coefficient (Wildman–Crippen LogP) is 4.26. The smallest absolute Gasteiger partial charge is 0.229 e. The van der Waals surface area contributed by atoms with Gasteiger partial charge in [-0.1, -0.05) is 35.3 Å². The zero-order valence-corrected chi connectivity index (χ0v) is 11.8. The molecule has 0 fully saturated rings. The van der Waals surface area contributed by atoms with Crippen LogP contribution in [0.15, 0.2) is 42.5 Å². The first-order valence-corrected chi connectivity index (χ1v) is 6.63. The van der Waals surface area contributed by atoms with Crippen LogP contribution in [0.1, 0.15) is 0 Å². The molecular weight excluding hydrogens is 295 g/mol. The summed E-state index contributed by atoms with van der Waals surface area (Å²) in [6, 6.07) is 12.7. The lowest BCUT2D eigenvalue weighted by Crippen LogP contribution is -2.01. The van der Waals surface area contributed by atoms with E-state index in [1.54, 1.807) is 18.2 Å². The minimum Gasteiger partial charge on any atom is -0.383 e. The number of hydrogen-bond acceptors (Lipinski definition) is 4. The van der Waals surface area contributed by atoms with Crippen molar-refractivity contribution in [3.05, 3.63) is 52.5 Å². The van der Waals surface area contributed by atoms with Gasteiger partial charge < -0.3 is 11.1 Å². The van der Waals surface area contributed by atoms with Crippen LogP contribution in [-0.2, 0) is 0 Å². The van der Waals surface area contributed by atoms with Crippen molar-refractivity contribution in [3.63, 3.8) is 0 Å². The number of nitrogens with one attached hydrogen (secondary N) is 1. The molecule has 1 aromatic heterocycles. The topological polar surface area (TPSA) is 63.8 Å². The molecule has 0 aliphatic heterocycles. The molecule has 0 saturated carbocycles. The largest absolute Gasteiger partial charge is 0.383 e. The van der Waals surface area contributed by atoms with Gasteiger partial charge in [0.25, 0.3) is 0 Å². The van der Waals surface area contributed by atoms with Gasteiger partial charge in [-0.15, -0.1) is 0 Å². The second-order valence-electron chi connectivity index (χ2n) is 4.23. The summed E-state index contributed by atoms with van der Waals surface area (Å²) in [5, 5.41) is 4.94. The quantitative estimate of drug-likeness (QED) is 0.742. The summed E-state index contributed by atoms with van der Waals surface area (Å²) in [5.74, 6) is 0.825. The Morgan fingerprint density at radius 1 is 0.950 bits per heavy atom. The Morgan fingerprint density at radius 2 is 1.65 bits per heavy atom. The summed E-state index contributed by atoms with van der Waals surface area (Å²) < 4.78 is 0. The van der Waals surface area contributed by atoms with E-state index in [9.17, 15) is 0 Å². The molecule has 2 aromatic carbocycles. The lowest BCUT2D eigenvalue weighted by Gasteiger charge is -2.08. The molecule has 3 aromatic rings. The van der Waals surface area contributed by atoms with Crippen LogP contribution in [0.3, 0.4) is 0 Å². The monoisotopic (exact) mass is 304 g/mol. The minimum atomic E-state index is 0.402. The fourth-order valence-electron chi connectivity index (χ4n) is 1.91. The number of hydrogen-bond donors (Lipinski definition) is 2. The Labute approximate surface area is 125 Å². The van der Waals surface area contributed by atoms with E-state index in [0.29, 0.717) is 27.5 Å². The molecule has 0 saturated heterocycles. The van der Waals surface area contributed by atoms with Gasteiger partial charge >= 0.3 is 0 Å². The SMILES string of the molecule is Nc1nc(Nc2cc(Cl)cc(Cl)c2)nc2ccccc12. The molecule has 4 nitrogen and oxygen atoms in total. The van der Waals surface area contributed by atoms with Crippen molar-refractivity contribution in [2.75, 3.05) is 11.1 Å². The molecule has 0 unspecified atom stereocenters. The maximum Gasteiger partial charge on any atom is 0.229 e. The van der Waals surface area contributed by atoms with Crippen LogP contribution in [-0.4, -0.2) is 9.97 Å². The second kappa shape index (κ2) is 5.15. The predicted molar refractivity (Wildman–Crippen MR) is 83.7 cm³/mol. The Hall–Kier alpha value is -2.04. The second-order valence-corrected chi connectivity index (χ2v) is 5.11. The highest BCUT2D eigenvalue weighted by atomic mass is 35.5. The van der Waals surface area contributed by atoms with Crippen LogP contribution in [0.25, 0.3) is 10.9 Å². The number of halogens is 2. The number of benzene rings is 2. The van der Waals surface area contributed by atoms with Crippen LogP contribution in [0.4, 0.5) is 17.5 Å². The van der Waals surface area contributed by atoms with Crippen molar-refractivity contribution in [1.82, 2.24) is 9.97 Å². The van der Waals surface area contributed by atoms with Gasteiger partial charge in [-0.05, 0) is 30.3 Å². The third-order valence-electron chi connectivity index (χ3n) is 2.75. The van der Waals surface area contributed by atoms with Crippen molar-refractivity contribution in [2.45, 2.75) is 0 Å². The van der Waals surface area contributed by atoms with Crippen LogP contribution in [0.2, 0.25) is 10.0 Å². The average Bonchev–Trinajstić information content (AvgIpc) is 2.37. The highest BCUT2D eigenvalue weighted by Gasteiger charge is 2.06. The Morgan fingerprint density at radius 3 is 2.40 bits per heavy atom. The van der Waals surface area contributed by atoms with Crippen molar-refractivity contribution in [1.29, 1.82) is 0 Å². The van der Waals surface area contributed by atoms with E-state index >= 15 is 0 Å². The minimum absolute atomic E-state index is 0.402. The standard InChI is InChI=1S/C14H10Cl2N4/c15-8-5-9(16)7-10(6-8)18-14-19-12-4-2-1-3-11(12)13(17)20-14/h1-7H,(H3,17,18,19,20). The third-order valence-corrected chi connectivity index (χ3v) is 3.19.